The lowest BCUT2D eigenvalue weighted by Gasteiger charge is -2.25. The maximum absolute atomic E-state index is 12.7. The number of carbonyl (C=O) groups excluding carboxylic acids is 2. The molecule has 0 fully saturated rings. The van der Waals surface area contributed by atoms with Gasteiger partial charge in [0.25, 0.3) is 5.91 Å². The summed E-state index contributed by atoms with van der Waals surface area (Å²) in [5, 5.41) is 5.93. The van der Waals surface area contributed by atoms with E-state index in [4.69, 9.17) is 4.74 Å². The Morgan fingerprint density at radius 3 is 2.57 bits per heavy atom. The van der Waals surface area contributed by atoms with Gasteiger partial charge in [-0.05, 0) is 60.4 Å². The van der Waals surface area contributed by atoms with E-state index < -0.39 is 0 Å². The molecule has 5 heteroatoms. The minimum atomic E-state index is -0.262. The van der Waals surface area contributed by atoms with Crippen molar-refractivity contribution in [2.24, 2.45) is 5.92 Å². The Morgan fingerprint density at radius 1 is 1.00 bits per heavy atom. The average molecular weight is 400 g/mol. The Kier molecular flexibility index (Phi) is 5.80. The van der Waals surface area contributed by atoms with Gasteiger partial charge in [-0.3, -0.25) is 9.59 Å². The molecule has 0 unspecified atom stereocenters. The van der Waals surface area contributed by atoms with Gasteiger partial charge in [-0.1, -0.05) is 42.5 Å². The van der Waals surface area contributed by atoms with Crippen LogP contribution in [0.1, 0.15) is 27.0 Å². The molecule has 4 rings (SSSR count). The van der Waals surface area contributed by atoms with Crippen LogP contribution in [0.15, 0.2) is 72.8 Å². The van der Waals surface area contributed by atoms with Gasteiger partial charge in [0.15, 0.2) is 0 Å². The smallest absolute Gasteiger partial charge is 0.255 e. The van der Waals surface area contributed by atoms with Crippen molar-refractivity contribution < 1.29 is 14.3 Å². The van der Waals surface area contributed by atoms with Crippen LogP contribution < -0.4 is 15.4 Å². The summed E-state index contributed by atoms with van der Waals surface area (Å²) in [5.41, 5.74) is 4.46. The van der Waals surface area contributed by atoms with Crippen LogP contribution in [0.2, 0.25) is 0 Å². The third-order valence-corrected chi connectivity index (χ3v) is 5.35. The zero-order valence-electron chi connectivity index (χ0n) is 16.9. The van der Waals surface area contributed by atoms with E-state index in [1.54, 1.807) is 12.1 Å². The fourth-order valence-electron chi connectivity index (χ4n) is 3.57. The number of aryl methyl sites for hydroxylation is 1. The zero-order valence-corrected chi connectivity index (χ0v) is 16.9. The van der Waals surface area contributed by atoms with Gasteiger partial charge >= 0.3 is 0 Å². The summed E-state index contributed by atoms with van der Waals surface area (Å²) in [5.74, 6) is 0.305. The fourth-order valence-corrected chi connectivity index (χ4v) is 3.57. The molecule has 3 aromatic carbocycles. The van der Waals surface area contributed by atoms with Gasteiger partial charge in [0.05, 0.1) is 5.92 Å². The molecule has 1 aliphatic heterocycles. The lowest BCUT2D eigenvalue weighted by atomic mass is 9.95. The average Bonchev–Trinajstić information content (AvgIpc) is 2.78. The van der Waals surface area contributed by atoms with Gasteiger partial charge in [-0.15, -0.1) is 0 Å². The lowest BCUT2D eigenvalue weighted by molar-refractivity contribution is -0.126. The van der Waals surface area contributed by atoms with Crippen LogP contribution in [0, 0.1) is 12.8 Å². The van der Waals surface area contributed by atoms with Crippen LogP contribution in [-0.4, -0.2) is 18.4 Å². The lowest BCUT2D eigenvalue weighted by Crippen LogP contribution is -2.37. The van der Waals surface area contributed by atoms with Crippen molar-refractivity contribution >= 4 is 17.5 Å². The predicted molar refractivity (Wildman–Crippen MR) is 117 cm³/mol. The van der Waals surface area contributed by atoms with Crippen molar-refractivity contribution in [2.45, 2.75) is 19.9 Å². The van der Waals surface area contributed by atoms with E-state index in [0.717, 1.165) is 22.4 Å². The molecule has 5 nitrogen and oxygen atoms in total. The standard InChI is InChI=1S/C25H24N2O3/c1-17-7-5-6-10-19(17)15-26-24(28)21-13-20-14-22(11-12-23(20)30-16-21)27-25(29)18-8-3-2-4-9-18/h2-12,14,21H,13,15-16H2,1H3,(H,26,28)(H,27,29)/t21-/m0/s1. The van der Waals surface area contributed by atoms with Crippen LogP contribution in [0.5, 0.6) is 5.75 Å². The van der Waals surface area contributed by atoms with Crippen LogP contribution in [0.25, 0.3) is 0 Å². The number of rotatable bonds is 5. The highest BCUT2D eigenvalue weighted by Crippen LogP contribution is 2.30. The fraction of sp³-hybridized carbons (Fsp3) is 0.200. The molecule has 0 aliphatic carbocycles. The SMILES string of the molecule is Cc1ccccc1CNC(=O)[C@@H]1COc2ccc(NC(=O)c3ccccc3)cc2C1. The molecule has 0 spiro atoms. The molecule has 1 atom stereocenters. The maximum atomic E-state index is 12.7. The molecule has 30 heavy (non-hydrogen) atoms. The van der Waals surface area contributed by atoms with E-state index in [-0.39, 0.29) is 17.7 Å². The van der Waals surface area contributed by atoms with Crippen LogP contribution in [0.4, 0.5) is 5.69 Å². The molecule has 1 aliphatic rings. The minimum Gasteiger partial charge on any atom is -0.492 e. The number of fused-ring (bicyclic) bond motifs is 1. The van der Waals surface area contributed by atoms with Crippen molar-refractivity contribution in [1.29, 1.82) is 0 Å². The number of hydrogen-bond donors (Lipinski definition) is 2. The first-order valence-electron chi connectivity index (χ1n) is 10.0. The van der Waals surface area contributed by atoms with E-state index in [9.17, 15) is 9.59 Å². The van der Waals surface area contributed by atoms with Gasteiger partial charge < -0.3 is 15.4 Å². The van der Waals surface area contributed by atoms with Crippen LogP contribution in [-0.2, 0) is 17.8 Å². The molecular formula is C25H24N2O3. The molecule has 0 radical (unpaired) electrons. The normalized spacial score (nSPS) is 14.9. The molecule has 0 saturated carbocycles. The van der Waals surface area contributed by atoms with Crippen LogP contribution >= 0.6 is 0 Å². The number of anilines is 1. The van der Waals surface area contributed by atoms with E-state index in [2.05, 4.69) is 10.6 Å². The highest BCUT2D eigenvalue weighted by molar-refractivity contribution is 6.04. The molecule has 1 heterocycles. The summed E-state index contributed by atoms with van der Waals surface area (Å²) in [4.78, 5) is 25.1. The summed E-state index contributed by atoms with van der Waals surface area (Å²) < 4.78 is 5.80. The zero-order chi connectivity index (χ0) is 20.9. The Balaban J connectivity index is 1.40. The first kappa shape index (κ1) is 19.7. The molecule has 152 valence electrons. The minimum absolute atomic E-state index is 0.0253. The number of hydrogen-bond acceptors (Lipinski definition) is 3. The Labute approximate surface area is 176 Å². The number of carbonyl (C=O) groups is 2. The molecule has 2 N–H and O–H groups in total. The summed E-state index contributed by atoms with van der Waals surface area (Å²) in [6.45, 7) is 2.89. The molecular weight excluding hydrogens is 376 g/mol. The van der Waals surface area contributed by atoms with Crippen molar-refractivity contribution in [3.8, 4) is 5.75 Å². The van der Waals surface area contributed by atoms with Gasteiger partial charge in [0.1, 0.15) is 12.4 Å². The maximum Gasteiger partial charge on any atom is 0.255 e. The quantitative estimate of drug-likeness (QED) is 0.677. The van der Waals surface area contributed by atoms with E-state index in [1.807, 2.05) is 67.6 Å². The predicted octanol–water partition coefficient (Wildman–Crippen LogP) is 4.11. The molecule has 0 saturated heterocycles. The van der Waals surface area contributed by atoms with Gasteiger partial charge in [0, 0.05) is 17.8 Å². The summed E-state index contributed by atoms with van der Waals surface area (Å²) >= 11 is 0. The van der Waals surface area contributed by atoms with Crippen molar-refractivity contribution in [2.75, 3.05) is 11.9 Å². The number of amides is 2. The van der Waals surface area contributed by atoms with E-state index in [1.165, 1.54) is 0 Å². The van der Waals surface area contributed by atoms with Gasteiger partial charge in [-0.2, -0.15) is 0 Å². The summed E-state index contributed by atoms with van der Waals surface area (Å²) in [6.07, 6.45) is 0.573. The van der Waals surface area contributed by atoms with E-state index in [0.29, 0.717) is 30.8 Å². The second-order valence-corrected chi connectivity index (χ2v) is 7.50. The van der Waals surface area contributed by atoms with Crippen molar-refractivity contribution in [3.05, 3.63) is 95.1 Å². The molecule has 0 aromatic heterocycles. The second-order valence-electron chi connectivity index (χ2n) is 7.50. The number of ether oxygens (including phenoxy) is 1. The highest BCUT2D eigenvalue weighted by Gasteiger charge is 2.26. The van der Waals surface area contributed by atoms with Gasteiger partial charge in [-0.25, -0.2) is 0 Å². The number of nitrogens with one attached hydrogen (secondary N) is 2. The number of benzene rings is 3. The summed E-state index contributed by atoms with van der Waals surface area (Å²) in [6, 6.07) is 22.6. The van der Waals surface area contributed by atoms with Crippen molar-refractivity contribution in [1.82, 2.24) is 5.32 Å². The van der Waals surface area contributed by atoms with Gasteiger partial charge in [0.2, 0.25) is 5.91 Å². The Bertz CT molecular complexity index is 1060. The van der Waals surface area contributed by atoms with Crippen LogP contribution in [0.3, 0.4) is 0 Å². The first-order valence-corrected chi connectivity index (χ1v) is 10.0. The molecule has 0 bridgehead atoms. The third kappa shape index (κ3) is 4.51. The topological polar surface area (TPSA) is 67.4 Å². The summed E-state index contributed by atoms with van der Waals surface area (Å²) in [7, 11) is 0. The Hall–Kier alpha value is -3.60. The monoisotopic (exact) mass is 400 g/mol. The third-order valence-electron chi connectivity index (χ3n) is 5.35. The van der Waals surface area contributed by atoms with Crippen molar-refractivity contribution in [3.63, 3.8) is 0 Å². The second kappa shape index (κ2) is 8.82. The molecule has 2 amide bonds. The largest absolute Gasteiger partial charge is 0.492 e. The van der Waals surface area contributed by atoms with E-state index >= 15 is 0 Å². The first-order chi connectivity index (χ1) is 14.6. The Morgan fingerprint density at radius 2 is 1.77 bits per heavy atom. The molecule has 3 aromatic rings. The highest BCUT2D eigenvalue weighted by atomic mass is 16.5.